The molecular formula is C22H18Cl2N2O2. The van der Waals surface area contributed by atoms with Gasteiger partial charge < -0.3 is 5.32 Å². The summed E-state index contributed by atoms with van der Waals surface area (Å²) >= 11 is 11.9. The molecule has 3 aromatic rings. The summed E-state index contributed by atoms with van der Waals surface area (Å²) in [5, 5.41) is 3.50. The second-order valence-electron chi connectivity index (χ2n) is 6.27. The van der Waals surface area contributed by atoms with Gasteiger partial charge in [-0.1, -0.05) is 59.1 Å². The van der Waals surface area contributed by atoms with Gasteiger partial charge in [-0.3, -0.25) is 14.5 Å². The first-order valence-corrected chi connectivity index (χ1v) is 9.38. The van der Waals surface area contributed by atoms with E-state index in [0.29, 0.717) is 27.0 Å². The largest absolute Gasteiger partial charge is 0.324 e. The number of carbonyl (C=O) groups excluding carboxylic acids is 2. The summed E-state index contributed by atoms with van der Waals surface area (Å²) in [5.41, 5.74) is 2.64. The van der Waals surface area contributed by atoms with Gasteiger partial charge in [0.05, 0.1) is 10.0 Å². The van der Waals surface area contributed by atoms with Crippen LogP contribution in [0.3, 0.4) is 0 Å². The molecule has 0 saturated heterocycles. The van der Waals surface area contributed by atoms with E-state index in [1.165, 1.54) is 4.90 Å². The number of para-hydroxylation sites is 1. The monoisotopic (exact) mass is 412 g/mol. The zero-order chi connectivity index (χ0) is 20.1. The summed E-state index contributed by atoms with van der Waals surface area (Å²) in [5.74, 6) is -0.595. The molecule has 0 saturated carbocycles. The number of aryl methyl sites for hydroxylation is 1. The Kier molecular flexibility index (Phi) is 6.34. The quantitative estimate of drug-likeness (QED) is 0.593. The third-order valence-corrected chi connectivity index (χ3v) is 4.82. The van der Waals surface area contributed by atoms with Crippen LogP contribution in [0.2, 0.25) is 10.0 Å². The second-order valence-corrected chi connectivity index (χ2v) is 7.09. The molecule has 0 aliphatic carbocycles. The molecule has 0 atom stereocenters. The van der Waals surface area contributed by atoms with Crippen molar-refractivity contribution < 1.29 is 9.59 Å². The summed E-state index contributed by atoms with van der Waals surface area (Å²) in [6.45, 7) is 1.78. The first kappa shape index (κ1) is 19.9. The van der Waals surface area contributed by atoms with Crippen LogP contribution in [-0.4, -0.2) is 18.4 Å². The van der Waals surface area contributed by atoms with Crippen molar-refractivity contribution >= 4 is 46.4 Å². The van der Waals surface area contributed by atoms with Gasteiger partial charge in [0, 0.05) is 16.9 Å². The molecule has 3 rings (SSSR count). The predicted octanol–water partition coefficient (Wildman–Crippen LogP) is 5.59. The maximum atomic E-state index is 13.1. The molecule has 2 amide bonds. The second kappa shape index (κ2) is 8.91. The van der Waals surface area contributed by atoms with Gasteiger partial charge in [-0.25, -0.2) is 0 Å². The molecule has 0 aliphatic rings. The van der Waals surface area contributed by atoms with E-state index in [1.807, 2.05) is 37.3 Å². The molecule has 0 spiro atoms. The summed E-state index contributed by atoms with van der Waals surface area (Å²) in [7, 11) is 0. The van der Waals surface area contributed by atoms with E-state index in [2.05, 4.69) is 5.32 Å². The summed E-state index contributed by atoms with van der Waals surface area (Å²) in [4.78, 5) is 27.2. The number of amides is 2. The summed E-state index contributed by atoms with van der Waals surface area (Å²) < 4.78 is 0. The van der Waals surface area contributed by atoms with Crippen molar-refractivity contribution in [1.29, 1.82) is 0 Å². The van der Waals surface area contributed by atoms with Gasteiger partial charge in [0.2, 0.25) is 5.91 Å². The zero-order valence-electron chi connectivity index (χ0n) is 15.2. The number of nitrogens with one attached hydrogen (secondary N) is 1. The van der Waals surface area contributed by atoms with Gasteiger partial charge in [-0.05, 0) is 49.4 Å². The smallest absolute Gasteiger partial charge is 0.258 e. The number of nitrogens with zero attached hydrogens (tertiary/aromatic N) is 1. The molecule has 28 heavy (non-hydrogen) atoms. The van der Waals surface area contributed by atoms with E-state index >= 15 is 0 Å². The van der Waals surface area contributed by atoms with Gasteiger partial charge in [-0.2, -0.15) is 0 Å². The fraction of sp³-hybridized carbons (Fsp3) is 0.0909. The SMILES string of the molecule is Cc1cccc(C(=O)N(CC(=O)Nc2ccc(Cl)c(Cl)c2)c2ccccc2)c1. The van der Waals surface area contributed by atoms with E-state index in [1.54, 1.807) is 42.5 Å². The van der Waals surface area contributed by atoms with Gasteiger partial charge in [0.25, 0.3) is 5.91 Å². The number of rotatable bonds is 5. The molecule has 0 heterocycles. The maximum absolute atomic E-state index is 13.1. The fourth-order valence-electron chi connectivity index (χ4n) is 2.74. The van der Waals surface area contributed by atoms with E-state index in [9.17, 15) is 9.59 Å². The van der Waals surface area contributed by atoms with Gasteiger partial charge in [-0.15, -0.1) is 0 Å². The van der Waals surface area contributed by atoms with Crippen LogP contribution in [0.1, 0.15) is 15.9 Å². The van der Waals surface area contributed by atoms with Crippen molar-refractivity contribution in [3.05, 3.63) is 94.0 Å². The molecule has 6 heteroatoms. The Morgan fingerprint density at radius 2 is 1.64 bits per heavy atom. The first-order valence-electron chi connectivity index (χ1n) is 8.62. The number of anilines is 2. The lowest BCUT2D eigenvalue weighted by molar-refractivity contribution is -0.114. The molecule has 0 fully saturated rings. The average Bonchev–Trinajstić information content (AvgIpc) is 2.69. The van der Waals surface area contributed by atoms with Crippen LogP contribution in [0.5, 0.6) is 0 Å². The van der Waals surface area contributed by atoms with Crippen LogP contribution < -0.4 is 10.2 Å². The highest BCUT2D eigenvalue weighted by Gasteiger charge is 2.21. The Balaban J connectivity index is 1.84. The molecular weight excluding hydrogens is 395 g/mol. The lowest BCUT2D eigenvalue weighted by Gasteiger charge is -2.22. The Morgan fingerprint density at radius 1 is 0.893 bits per heavy atom. The van der Waals surface area contributed by atoms with Crippen LogP contribution in [0.4, 0.5) is 11.4 Å². The number of hydrogen-bond acceptors (Lipinski definition) is 2. The van der Waals surface area contributed by atoms with Crippen molar-refractivity contribution in [2.24, 2.45) is 0 Å². The van der Waals surface area contributed by atoms with Crippen molar-refractivity contribution in [3.8, 4) is 0 Å². The minimum absolute atomic E-state index is 0.142. The number of carbonyl (C=O) groups is 2. The lowest BCUT2D eigenvalue weighted by atomic mass is 10.1. The molecule has 0 unspecified atom stereocenters. The Labute approximate surface area is 173 Å². The standard InChI is InChI=1S/C22H18Cl2N2O2/c1-15-6-5-7-16(12-15)22(28)26(18-8-3-2-4-9-18)14-21(27)25-17-10-11-19(23)20(24)13-17/h2-13H,14H2,1H3,(H,25,27). The molecule has 0 radical (unpaired) electrons. The third-order valence-electron chi connectivity index (χ3n) is 4.08. The van der Waals surface area contributed by atoms with Crippen LogP contribution in [0.15, 0.2) is 72.8 Å². The van der Waals surface area contributed by atoms with E-state index in [4.69, 9.17) is 23.2 Å². The third kappa shape index (κ3) is 4.91. The van der Waals surface area contributed by atoms with Gasteiger partial charge in [0.15, 0.2) is 0 Å². The molecule has 0 bridgehead atoms. The minimum atomic E-state index is -0.344. The molecule has 4 nitrogen and oxygen atoms in total. The minimum Gasteiger partial charge on any atom is -0.324 e. The Hall–Kier alpha value is -2.82. The van der Waals surface area contributed by atoms with E-state index in [-0.39, 0.29) is 18.4 Å². The Bertz CT molecular complexity index is 1010. The maximum Gasteiger partial charge on any atom is 0.258 e. The average molecular weight is 413 g/mol. The van der Waals surface area contributed by atoms with Crippen LogP contribution in [0, 0.1) is 6.92 Å². The fourth-order valence-corrected chi connectivity index (χ4v) is 3.04. The highest BCUT2D eigenvalue weighted by atomic mass is 35.5. The summed E-state index contributed by atoms with van der Waals surface area (Å²) in [6, 6.07) is 21.2. The van der Waals surface area contributed by atoms with Crippen molar-refractivity contribution in [2.45, 2.75) is 6.92 Å². The summed E-state index contributed by atoms with van der Waals surface area (Å²) in [6.07, 6.45) is 0. The van der Waals surface area contributed by atoms with Gasteiger partial charge >= 0.3 is 0 Å². The van der Waals surface area contributed by atoms with Crippen molar-refractivity contribution in [3.63, 3.8) is 0 Å². The molecule has 0 aliphatic heterocycles. The van der Waals surface area contributed by atoms with Gasteiger partial charge in [0.1, 0.15) is 6.54 Å². The van der Waals surface area contributed by atoms with E-state index in [0.717, 1.165) is 5.56 Å². The lowest BCUT2D eigenvalue weighted by Crippen LogP contribution is -2.38. The predicted molar refractivity (Wildman–Crippen MR) is 114 cm³/mol. The molecule has 3 aromatic carbocycles. The van der Waals surface area contributed by atoms with E-state index < -0.39 is 0 Å². The Morgan fingerprint density at radius 3 is 2.32 bits per heavy atom. The van der Waals surface area contributed by atoms with Crippen LogP contribution in [-0.2, 0) is 4.79 Å². The van der Waals surface area contributed by atoms with Crippen molar-refractivity contribution in [2.75, 3.05) is 16.8 Å². The zero-order valence-corrected chi connectivity index (χ0v) is 16.7. The molecule has 142 valence electrons. The number of benzene rings is 3. The highest BCUT2D eigenvalue weighted by Crippen LogP contribution is 2.25. The molecule has 1 N–H and O–H groups in total. The molecule has 0 aromatic heterocycles. The number of halogens is 2. The highest BCUT2D eigenvalue weighted by molar-refractivity contribution is 6.42. The normalized spacial score (nSPS) is 10.4. The number of hydrogen-bond donors (Lipinski definition) is 1. The topological polar surface area (TPSA) is 49.4 Å². The van der Waals surface area contributed by atoms with Crippen LogP contribution in [0.25, 0.3) is 0 Å². The first-order chi connectivity index (χ1) is 13.4. The van der Waals surface area contributed by atoms with Crippen molar-refractivity contribution in [1.82, 2.24) is 0 Å². The van der Waals surface area contributed by atoms with Crippen LogP contribution >= 0.6 is 23.2 Å².